The van der Waals surface area contributed by atoms with Gasteiger partial charge >= 0.3 is 0 Å². The summed E-state index contributed by atoms with van der Waals surface area (Å²) >= 11 is 3.11. The molecule has 0 heterocycles. The van der Waals surface area contributed by atoms with Gasteiger partial charge in [-0.3, -0.25) is 0 Å². The largest absolute Gasteiger partial charge is 0.454 e. The van der Waals surface area contributed by atoms with Crippen molar-refractivity contribution < 1.29 is 18.7 Å². The molecule has 0 spiro atoms. The van der Waals surface area contributed by atoms with Crippen molar-refractivity contribution >= 4 is 21.8 Å². The number of ether oxygens (including phenoxy) is 1. The molecule has 4 nitrogen and oxygen atoms in total. The van der Waals surface area contributed by atoms with E-state index in [4.69, 9.17) is 15.7 Å². The van der Waals surface area contributed by atoms with Crippen LogP contribution in [0.2, 0.25) is 0 Å². The molecule has 20 heavy (non-hydrogen) atoms. The van der Waals surface area contributed by atoms with Crippen molar-refractivity contribution in [1.82, 2.24) is 0 Å². The first-order chi connectivity index (χ1) is 9.49. The zero-order chi connectivity index (χ0) is 14.7. The van der Waals surface area contributed by atoms with Crippen LogP contribution in [0.5, 0.6) is 11.5 Å². The van der Waals surface area contributed by atoms with E-state index in [2.05, 4.69) is 21.1 Å². The average molecular weight is 343 g/mol. The molecule has 2 aromatic rings. The Labute approximate surface area is 121 Å². The molecule has 3 N–H and O–H groups in total. The molecule has 0 aliphatic carbocycles. The molecule has 104 valence electrons. The Morgan fingerprint density at radius 1 is 1.20 bits per heavy atom. The second kappa shape index (κ2) is 5.87. The number of amidine groups is 1. The standard InChI is InChI=1S/C13H9BrF2N2O2/c14-8-4-9(15)6-10(5-8)20-12-2-1-7(3-11(12)16)13(17)18-19/h1-6,19H,(H2,17,18). The third kappa shape index (κ3) is 3.24. The molecule has 0 saturated heterocycles. The maximum Gasteiger partial charge on any atom is 0.170 e. The number of nitrogens with zero attached hydrogens (tertiary/aromatic N) is 1. The van der Waals surface area contributed by atoms with Crippen molar-refractivity contribution in [3.8, 4) is 11.5 Å². The molecular formula is C13H9BrF2N2O2. The summed E-state index contributed by atoms with van der Waals surface area (Å²) in [4.78, 5) is 0. The van der Waals surface area contributed by atoms with Crippen LogP contribution in [0.25, 0.3) is 0 Å². The summed E-state index contributed by atoms with van der Waals surface area (Å²) < 4.78 is 32.7. The first kappa shape index (κ1) is 14.3. The van der Waals surface area contributed by atoms with Crippen LogP contribution in [0.4, 0.5) is 8.78 Å². The number of nitrogens with two attached hydrogens (primary N) is 1. The third-order valence-corrected chi connectivity index (χ3v) is 2.86. The zero-order valence-electron chi connectivity index (χ0n) is 9.98. The molecule has 0 aliphatic heterocycles. The van der Waals surface area contributed by atoms with Gasteiger partial charge in [0.25, 0.3) is 0 Å². The van der Waals surface area contributed by atoms with Gasteiger partial charge in [-0.05, 0) is 30.3 Å². The lowest BCUT2D eigenvalue weighted by Crippen LogP contribution is -2.13. The van der Waals surface area contributed by atoms with Crippen LogP contribution in [-0.2, 0) is 0 Å². The number of oxime groups is 1. The molecule has 0 fully saturated rings. The average Bonchev–Trinajstić information content (AvgIpc) is 2.39. The van der Waals surface area contributed by atoms with E-state index in [-0.39, 0.29) is 22.9 Å². The van der Waals surface area contributed by atoms with Gasteiger partial charge in [0.05, 0.1) is 0 Å². The fourth-order valence-corrected chi connectivity index (χ4v) is 1.96. The smallest absolute Gasteiger partial charge is 0.170 e. The summed E-state index contributed by atoms with van der Waals surface area (Å²) in [6, 6.07) is 7.66. The fourth-order valence-electron chi connectivity index (χ4n) is 1.52. The molecule has 2 aromatic carbocycles. The van der Waals surface area contributed by atoms with Crippen LogP contribution in [0.1, 0.15) is 5.56 Å². The predicted molar refractivity (Wildman–Crippen MR) is 73.1 cm³/mol. The van der Waals surface area contributed by atoms with Crippen LogP contribution in [0, 0.1) is 11.6 Å². The van der Waals surface area contributed by atoms with Gasteiger partial charge in [-0.2, -0.15) is 0 Å². The van der Waals surface area contributed by atoms with E-state index in [1.807, 2.05) is 0 Å². The maximum absolute atomic E-state index is 13.8. The van der Waals surface area contributed by atoms with Crippen molar-refractivity contribution in [2.75, 3.05) is 0 Å². The molecule has 0 amide bonds. The first-order valence-electron chi connectivity index (χ1n) is 5.41. The highest BCUT2D eigenvalue weighted by molar-refractivity contribution is 9.10. The lowest BCUT2D eigenvalue weighted by molar-refractivity contribution is 0.318. The second-order valence-corrected chi connectivity index (χ2v) is 4.75. The Kier molecular flexibility index (Phi) is 4.19. The second-order valence-electron chi connectivity index (χ2n) is 3.84. The van der Waals surface area contributed by atoms with Gasteiger partial charge in [-0.1, -0.05) is 21.1 Å². The summed E-state index contributed by atoms with van der Waals surface area (Å²) in [5, 5.41) is 11.3. The fraction of sp³-hybridized carbons (Fsp3) is 0. The van der Waals surface area contributed by atoms with E-state index in [1.165, 1.54) is 24.3 Å². The summed E-state index contributed by atoms with van der Waals surface area (Å²) in [7, 11) is 0. The van der Waals surface area contributed by atoms with E-state index >= 15 is 0 Å². The zero-order valence-corrected chi connectivity index (χ0v) is 11.6. The quantitative estimate of drug-likeness (QED) is 0.387. The van der Waals surface area contributed by atoms with E-state index in [1.54, 1.807) is 0 Å². The van der Waals surface area contributed by atoms with Gasteiger partial charge in [-0.15, -0.1) is 0 Å². The Balaban J connectivity index is 2.30. The minimum atomic E-state index is -0.713. The highest BCUT2D eigenvalue weighted by Gasteiger charge is 2.09. The van der Waals surface area contributed by atoms with Crippen LogP contribution in [-0.4, -0.2) is 11.0 Å². The SMILES string of the molecule is N/C(=N/O)c1ccc(Oc2cc(F)cc(Br)c2)c(F)c1. The predicted octanol–water partition coefficient (Wildman–Crippen LogP) is 3.61. The molecule has 7 heteroatoms. The summed E-state index contributed by atoms with van der Waals surface area (Å²) in [5.74, 6) is -1.40. The van der Waals surface area contributed by atoms with Crippen LogP contribution < -0.4 is 10.5 Å². The van der Waals surface area contributed by atoms with Crippen molar-refractivity contribution in [3.05, 3.63) is 58.1 Å². The molecule has 0 saturated carbocycles. The highest BCUT2D eigenvalue weighted by Crippen LogP contribution is 2.28. The highest BCUT2D eigenvalue weighted by atomic mass is 79.9. The molecule has 0 aromatic heterocycles. The van der Waals surface area contributed by atoms with E-state index in [9.17, 15) is 8.78 Å². The molecule has 0 unspecified atom stereocenters. The monoisotopic (exact) mass is 342 g/mol. The third-order valence-electron chi connectivity index (χ3n) is 2.40. The van der Waals surface area contributed by atoms with Crippen molar-refractivity contribution in [2.45, 2.75) is 0 Å². The molecular weight excluding hydrogens is 334 g/mol. The van der Waals surface area contributed by atoms with Gasteiger partial charge < -0.3 is 15.7 Å². The minimum absolute atomic E-state index is 0.100. The van der Waals surface area contributed by atoms with Gasteiger partial charge in [-0.25, -0.2) is 8.78 Å². The van der Waals surface area contributed by atoms with Crippen molar-refractivity contribution in [3.63, 3.8) is 0 Å². The molecule has 0 aliphatic rings. The van der Waals surface area contributed by atoms with E-state index in [0.29, 0.717) is 4.47 Å². The topological polar surface area (TPSA) is 67.8 Å². The van der Waals surface area contributed by atoms with Crippen molar-refractivity contribution in [1.29, 1.82) is 0 Å². The molecule has 0 radical (unpaired) electrons. The van der Waals surface area contributed by atoms with Gasteiger partial charge in [0.1, 0.15) is 11.6 Å². The Morgan fingerprint density at radius 3 is 2.55 bits per heavy atom. The van der Waals surface area contributed by atoms with Crippen molar-refractivity contribution in [2.24, 2.45) is 10.9 Å². The molecule has 0 bridgehead atoms. The van der Waals surface area contributed by atoms with E-state index < -0.39 is 11.6 Å². The Morgan fingerprint density at radius 2 is 1.95 bits per heavy atom. The van der Waals surface area contributed by atoms with Crippen LogP contribution >= 0.6 is 15.9 Å². The molecule has 0 atom stereocenters. The Hall–Kier alpha value is -2.15. The van der Waals surface area contributed by atoms with Crippen LogP contribution in [0.3, 0.4) is 0 Å². The van der Waals surface area contributed by atoms with E-state index in [0.717, 1.165) is 12.1 Å². The lowest BCUT2D eigenvalue weighted by atomic mass is 10.2. The number of hydrogen-bond acceptors (Lipinski definition) is 3. The summed E-state index contributed by atoms with van der Waals surface area (Å²) in [6.45, 7) is 0. The first-order valence-corrected chi connectivity index (χ1v) is 6.20. The minimum Gasteiger partial charge on any atom is -0.454 e. The van der Waals surface area contributed by atoms with Gasteiger partial charge in [0.2, 0.25) is 0 Å². The summed E-state index contributed by atoms with van der Waals surface area (Å²) in [5.41, 5.74) is 5.55. The normalized spacial score (nSPS) is 11.4. The maximum atomic E-state index is 13.8. The number of halogens is 3. The molecule has 2 rings (SSSR count). The number of rotatable bonds is 3. The van der Waals surface area contributed by atoms with Gasteiger partial charge in [0, 0.05) is 16.1 Å². The lowest BCUT2D eigenvalue weighted by Gasteiger charge is -2.08. The van der Waals surface area contributed by atoms with Gasteiger partial charge in [0.15, 0.2) is 17.4 Å². The number of benzene rings is 2. The number of hydrogen-bond donors (Lipinski definition) is 2. The Bertz CT molecular complexity index is 657. The van der Waals surface area contributed by atoms with Crippen LogP contribution in [0.15, 0.2) is 46.0 Å². The summed E-state index contributed by atoms with van der Waals surface area (Å²) in [6.07, 6.45) is 0.